The molecule has 0 nitrogen and oxygen atoms in total. The van der Waals surface area contributed by atoms with Gasteiger partial charge in [-0.3, -0.25) is 0 Å². The highest BCUT2D eigenvalue weighted by Gasteiger charge is 2.70. The van der Waals surface area contributed by atoms with E-state index in [0.29, 0.717) is 10.5 Å². The van der Waals surface area contributed by atoms with Gasteiger partial charge in [0, 0.05) is 0 Å². The molecule has 0 heterocycles. The molecule has 0 aromatic carbocycles. The van der Waals surface area contributed by atoms with Gasteiger partial charge in [0.05, 0.1) is 0 Å². The van der Waals surface area contributed by atoms with Crippen molar-refractivity contribution in [3.63, 3.8) is 0 Å². The number of hydrogen-bond donors (Lipinski definition) is 0. The van der Waals surface area contributed by atoms with Gasteiger partial charge < -0.3 is 0 Å². The maximum Gasteiger partial charge on any atom is 0.139 e. The summed E-state index contributed by atoms with van der Waals surface area (Å²) in [6, 6.07) is 0. The van der Waals surface area contributed by atoms with E-state index >= 15 is 0 Å². The molecule has 1 heteroatoms. The van der Waals surface area contributed by atoms with Crippen LogP contribution in [0.2, 0.25) is 18.1 Å². The minimum Gasteiger partial charge on any atom is -0.131 e. The monoisotopic (exact) mass is 234 g/mol. The highest BCUT2D eigenvalue weighted by Crippen LogP contribution is 2.78. The van der Waals surface area contributed by atoms with Crippen LogP contribution in [-0.2, 0) is 0 Å². The fourth-order valence-corrected chi connectivity index (χ4v) is 10.0. The Labute approximate surface area is 102 Å². The molecule has 0 amide bonds. The SMILES string of the molecule is CC#C[Si](C)(C)C12CC(CCC1C)C2(C)C. The Morgan fingerprint density at radius 3 is 2.25 bits per heavy atom. The first-order valence-electron chi connectivity index (χ1n) is 6.73. The van der Waals surface area contributed by atoms with Crippen LogP contribution in [0.15, 0.2) is 0 Å². The Morgan fingerprint density at radius 2 is 1.81 bits per heavy atom. The van der Waals surface area contributed by atoms with Crippen LogP contribution >= 0.6 is 0 Å². The standard InChI is InChI=1S/C15H26Si/c1-7-10-16(5,6)15-11-13(14(15,3)4)9-8-12(15)2/h12-13H,8-9,11H2,1-6H3. The van der Waals surface area contributed by atoms with E-state index in [1.165, 1.54) is 19.3 Å². The number of hydrogen-bond acceptors (Lipinski definition) is 0. The second-order valence-electron chi connectivity index (χ2n) is 7.07. The molecule has 2 bridgehead atoms. The lowest BCUT2D eigenvalue weighted by Gasteiger charge is -2.72. The third-order valence-electron chi connectivity index (χ3n) is 6.08. The van der Waals surface area contributed by atoms with Crippen molar-refractivity contribution in [2.75, 3.05) is 0 Å². The van der Waals surface area contributed by atoms with E-state index in [2.05, 4.69) is 45.3 Å². The summed E-state index contributed by atoms with van der Waals surface area (Å²) < 4.78 is 0. The lowest BCUT2D eigenvalue weighted by atomic mass is 9.45. The molecule has 3 fully saturated rings. The topological polar surface area (TPSA) is 0 Å². The Hall–Kier alpha value is -0.223. The molecular formula is C15H26Si. The fraction of sp³-hybridized carbons (Fsp3) is 0.867. The van der Waals surface area contributed by atoms with Gasteiger partial charge in [0.15, 0.2) is 0 Å². The Morgan fingerprint density at radius 1 is 1.19 bits per heavy atom. The van der Waals surface area contributed by atoms with Crippen molar-refractivity contribution in [1.29, 1.82) is 0 Å². The van der Waals surface area contributed by atoms with Gasteiger partial charge in [-0.25, -0.2) is 0 Å². The first kappa shape index (κ1) is 12.2. The molecule has 0 aliphatic heterocycles. The molecule has 0 saturated heterocycles. The molecule has 3 unspecified atom stereocenters. The normalized spacial score (nSPS) is 40.6. The van der Waals surface area contributed by atoms with Gasteiger partial charge in [-0.2, -0.15) is 0 Å². The molecule has 3 rings (SSSR count). The maximum atomic E-state index is 3.64. The molecule has 3 saturated carbocycles. The van der Waals surface area contributed by atoms with Crippen molar-refractivity contribution in [2.24, 2.45) is 17.3 Å². The first-order valence-corrected chi connectivity index (χ1v) is 9.73. The molecule has 3 aliphatic carbocycles. The van der Waals surface area contributed by atoms with Crippen LogP contribution in [0.4, 0.5) is 0 Å². The smallest absolute Gasteiger partial charge is 0.131 e. The number of fused-ring (bicyclic) bond motifs is 2. The zero-order valence-corrected chi connectivity index (χ0v) is 12.8. The molecule has 16 heavy (non-hydrogen) atoms. The van der Waals surface area contributed by atoms with Gasteiger partial charge in [-0.05, 0) is 42.1 Å². The predicted molar refractivity (Wildman–Crippen MR) is 73.9 cm³/mol. The van der Waals surface area contributed by atoms with Gasteiger partial charge >= 0.3 is 0 Å². The molecule has 0 aromatic rings. The van der Waals surface area contributed by atoms with Crippen molar-refractivity contribution in [3.8, 4) is 11.5 Å². The molecule has 3 atom stereocenters. The van der Waals surface area contributed by atoms with Crippen molar-refractivity contribution < 1.29 is 0 Å². The molecule has 90 valence electrons. The van der Waals surface area contributed by atoms with E-state index in [0.717, 1.165) is 11.8 Å². The summed E-state index contributed by atoms with van der Waals surface area (Å²) >= 11 is 0. The third kappa shape index (κ3) is 1.17. The summed E-state index contributed by atoms with van der Waals surface area (Å²) in [4.78, 5) is 0. The average molecular weight is 234 g/mol. The van der Waals surface area contributed by atoms with E-state index in [1.807, 2.05) is 6.92 Å². The second-order valence-corrected chi connectivity index (χ2v) is 11.5. The lowest BCUT2D eigenvalue weighted by Crippen LogP contribution is -2.66. The van der Waals surface area contributed by atoms with E-state index in [-0.39, 0.29) is 0 Å². The van der Waals surface area contributed by atoms with Gasteiger partial charge in [-0.15, -0.1) is 11.5 Å². The molecule has 0 radical (unpaired) electrons. The van der Waals surface area contributed by atoms with Gasteiger partial charge in [-0.1, -0.05) is 40.3 Å². The summed E-state index contributed by atoms with van der Waals surface area (Å²) in [6.07, 6.45) is 4.37. The van der Waals surface area contributed by atoms with Crippen LogP contribution in [-0.4, -0.2) is 8.07 Å². The van der Waals surface area contributed by atoms with Crippen molar-refractivity contribution >= 4 is 8.07 Å². The number of rotatable bonds is 1. The summed E-state index contributed by atoms with van der Waals surface area (Å²) in [5.74, 6) is 5.09. The van der Waals surface area contributed by atoms with E-state index in [4.69, 9.17) is 0 Å². The van der Waals surface area contributed by atoms with Gasteiger partial charge in [0.2, 0.25) is 0 Å². The Balaban J connectivity index is 2.46. The van der Waals surface area contributed by atoms with E-state index in [9.17, 15) is 0 Å². The average Bonchev–Trinajstić information content (AvgIpc) is 2.16. The van der Waals surface area contributed by atoms with Crippen LogP contribution in [0.1, 0.15) is 47.0 Å². The largest absolute Gasteiger partial charge is 0.139 e. The third-order valence-corrected chi connectivity index (χ3v) is 10.5. The molecule has 3 aliphatic rings. The second kappa shape index (κ2) is 3.39. The highest BCUT2D eigenvalue weighted by atomic mass is 28.3. The summed E-state index contributed by atoms with van der Waals surface area (Å²) in [6.45, 7) is 14.5. The Bertz CT molecular complexity index is 355. The van der Waals surface area contributed by atoms with Crippen LogP contribution in [0.3, 0.4) is 0 Å². The predicted octanol–water partition coefficient (Wildman–Crippen LogP) is 4.47. The van der Waals surface area contributed by atoms with Gasteiger partial charge in [0.25, 0.3) is 0 Å². The highest BCUT2D eigenvalue weighted by molar-refractivity contribution is 6.88. The molecule has 0 aromatic heterocycles. The zero-order valence-electron chi connectivity index (χ0n) is 11.8. The molecule has 0 spiro atoms. The molecular weight excluding hydrogens is 208 g/mol. The van der Waals surface area contributed by atoms with E-state index < -0.39 is 8.07 Å². The Kier molecular flexibility index (Phi) is 2.59. The van der Waals surface area contributed by atoms with Crippen LogP contribution in [0.25, 0.3) is 0 Å². The first-order chi connectivity index (χ1) is 7.29. The van der Waals surface area contributed by atoms with Crippen LogP contribution < -0.4 is 0 Å². The minimum atomic E-state index is -1.42. The van der Waals surface area contributed by atoms with Gasteiger partial charge in [0.1, 0.15) is 8.07 Å². The summed E-state index contributed by atoms with van der Waals surface area (Å²) in [5.41, 5.74) is 4.19. The summed E-state index contributed by atoms with van der Waals surface area (Å²) in [7, 11) is -1.42. The fourth-order valence-electron chi connectivity index (χ4n) is 5.24. The summed E-state index contributed by atoms with van der Waals surface area (Å²) in [5, 5.41) is 0.589. The molecule has 0 N–H and O–H groups in total. The lowest BCUT2D eigenvalue weighted by molar-refractivity contribution is -0.0882. The van der Waals surface area contributed by atoms with Crippen LogP contribution in [0, 0.1) is 28.7 Å². The van der Waals surface area contributed by atoms with Crippen LogP contribution in [0.5, 0.6) is 0 Å². The van der Waals surface area contributed by atoms with Crippen molar-refractivity contribution in [1.82, 2.24) is 0 Å². The minimum absolute atomic E-state index is 0.546. The van der Waals surface area contributed by atoms with Crippen molar-refractivity contribution in [2.45, 2.75) is 65.1 Å². The zero-order chi connectivity index (χ0) is 12.2. The maximum absolute atomic E-state index is 3.64. The van der Waals surface area contributed by atoms with Crippen molar-refractivity contribution in [3.05, 3.63) is 0 Å². The van der Waals surface area contributed by atoms with E-state index in [1.54, 1.807) is 0 Å². The quantitative estimate of drug-likeness (QED) is 0.464.